The van der Waals surface area contributed by atoms with Crippen LogP contribution in [0.5, 0.6) is 11.5 Å². The van der Waals surface area contributed by atoms with Crippen LogP contribution in [0, 0.1) is 0 Å². The summed E-state index contributed by atoms with van der Waals surface area (Å²) in [5, 5.41) is 21.5. The van der Waals surface area contributed by atoms with E-state index in [9.17, 15) is 10.2 Å². The normalized spacial score (nSPS) is 19.1. The van der Waals surface area contributed by atoms with Gasteiger partial charge in [0.1, 0.15) is 11.5 Å². The minimum Gasteiger partial charge on any atom is -1.00 e. The fraction of sp³-hybridized carbons (Fsp3) is 0.500. The number of aliphatic imine (C=N–C) groups is 2. The number of aromatic hydroxyl groups is 2. The van der Waals surface area contributed by atoms with Gasteiger partial charge in [0.25, 0.3) is 0 Å². The number of rotatable bonds is 4. The van der Waals surface area contributed by atoms with E-state index in [1.54, 1.807) is 12.4 Å². The first-order chi connectivity index (χ1) is 15.0. The van der Waals surface area contributed by atoms with Crippen LogP contribution in [0.3, 0.4) is 0 Å². The minimum atomic E-state index is -0.130. The van der Waals surface area contributed by atoms with Gasteiger partial charge < -0.3 is 22.6 Å². The maximum Gasteiger partial charge on any atom is 0.128 e. The van der Waals surface area contributed by atoms with Gasteiger partial charge in [0.05, 0.1) is 12.1 Å². The van der Waals surface area contributed by atoms with Gasteiger partial charge in [-0.2, -0.15) is 0 Å². The van der Waals surface area contributed by atoms with E-state index >= 15 is 0 Å². The molecule has 0 aromatic heterocycles. The number of halogens is 1. The van der Waals surface area contributed by atoms with Crippen LogP contribution < -0.4 is 12.4 Å². The maximum atomic E-state index is 10.7. The minimum absolute atomic E-state index is 0. The van der Waals surface area contributed by atoms with Gasteiger partial charge in [-0.25, -0.2) is 0 Å². The molecule has 0 aliphatic heterocycles. The number of phenols is 2. The third-order valence-corrected chi connectivity index (χ3v) is 6.25. The number of benzene rings is 2. The summed E-state index contributed by atoms with van der Waals surface area (Å²) in [6.07, 6.45) is 7.83. The molecule has 6 heteroatoms. The van der Waals surface area contributed by atoms with E-state index in [1.165, 1.54) is 0 Å². The molecule has 2 atom stereocenters. The van der Waals surface area contributed by atoms with Crippen LogP contribution in [0.15, 0.2) is 46.4 Å². The van der Waals surface area contributed by atoms with Crippen molar-refractivity contribution in [3.63, 3.8) is 0 Å². The topological polar surface area (TPSA) is 65.2 Å². The van der Waals surface area contributed by atoms with E-state index in [2.05, 4.69) is 41.5 Å². The van der Waals surface area contributed by atoms with Crippen molar-refractivity contribution < 1.29 is 39.7 Å². The Morgan fingerprint density at radius 1 is 0.706 bits per heavy atom. The van der Waals surface area contributed by atoms with Gasteiger partial charge in [-0.3, -0.25) is 9.98 Å². The summed E-state index contributed by atoms with van der Waals surface area (Å²) < 4.78 is 0. The van der Waals surface area contributed by atoms with Gasteiger partial charge in [-0.05, 0) is 46.9 Å². The molecule has 2 aromatic carbocycles. The van der Waals surface area contributed by atoms with Crippen LogP contribution in [0.2, 0.25) is 0 Å². The summed E-state index contributed by atoms with van der Waals surface area (Å²) in [6.45, 7) is 12.6. The van der Waals surface area contributed by atoms with Crippen LogP contribution in [0.4, 0.5) is 0 Å². The molecule has 0 saturated heterocycles. The summed E-state index contributed by atoms with van der Waals surface area (Å²) in [4.78, 5) is 9.70. The second kappa shape index (κ2) is 12.2. The zero-order valence-corrected chi connectivity index (χ0v) is 23.1. The van der Waals surface area contributed by atoms with Crippen LogP contribution in [-0.2, 0) is 27.9 Å². The van der Waals surface area contributed by atoms with E-state index in [0.29, 0.717) is 11.5 Å². The predicted octanol–water partition coefficient (Wildman–Crippen LogP) is 3.54. The second-order valence-electron chi connectivity index (χ2n) is 11.0. The Hall–Kier alpha value is -1.81. The first-order valence-electron chi connectivity index (χ1n) is 11.7. The summed E-state index contributed by atoms with van der Waals surface area (Å²) in [7, 11) is 0. The van der Waals surface area contributed by atoms with E-state index in [1.807, 2.05) is 36.4 Å². The van der Waals surface area contributed by atoms with Gasteiger partial charge >= 0.3 is 0 Å². The van der Waals surface area contributed by atoms with Crippen LogP contribution in [-0.4, -0.2) is 34.7 Å². The molecule has 4 nitrogen and oxygen atoms in total. The Morgan fingerprint density at radius 2 is 1.06 bits per heavy atom. The molecule has 1 aliphatic carbocycles. The molecule has 1 saturated carbocycles. The zero-order valence-electron chi connectivity index (χ0n) is 21.1. The Balaban J connectivity index is 0.00000289. The Kier molecular flexibility index (Phi) is 10.9. The third-order valence-electron chi connectivity index (χ3n) is 6.25. The molecule has 1 aliphatic rings. The van der Waals surface area contributed by atoms with Gasteiger partial charge in [0, 0.05) is 40.6 Å². The Morgan fingerprint density at radius 3 is 1.38 bits per heavy atom. The quantitative estimate of drug-likeness (QED) is 0.475. The van der Waals surface area contributed by atoms with Crippen molar-refractivity contribution in [2.24, 2.45) is 9.98 Å². The SMILES string of the molecule is CC(C)(C)c1cccc(C=N[C@@H]2CCCC[C@H]2N=Cc2cccc(C(C)(C)C)c2O)c1O.[Cl-].[Mn]. The summed E-state index contributed by atoms with van der Waals surface area (Å²) >= 11 is 0. The Labute approximate surface area is 221 Å². The van der Waals surface area contributed by atoms with Gasteiger partial charge in [0.15, 0.2) is 0 Å². The largest absolute Gasteiger partial charge is 1.00 e. The monoisotopic (exact) mass is 524 g/mol. The first-order valence-corrected chi connectivity index (χ1v) is 11.7. The number of para-hydroxylation sites is 2. The maximum absolute atomic E-state index is 10.7. The molecule has 2 N–H and O–H groups in total. The van der Waals surface area contributed by atoms with Crippen LogP contribution in [0.1, 0.15) is 89.5 Å². The van der Waals surface area contributed by atoms with Gasteiger partial charge in [-0.1, -0.05) is 78.6 Å². The molecule has 0 heterocycles. The molecule has 0 amide bonds. The first kappa shape index (κ1) is 30.2. The van der Waals surface area contributed by atoms with Crippen molar-refractivity contribution in [3.05, 3.63) is 58.7 Å². The van der Waals surface area contributed by atoms with Crippen molar-refractivity contribution in [1.29, 1.82) is 0 Å². The van der Waals surface area contributed by atoms with Crippen molar-refractivity contribution in [1.82, 2.24) is 0 Å². The fourth-order valence-electron chi connectivity index (χ4n) is 4.33. The van der Waals surface area contributed by atoms with Crippen molar-refractivity contribution in [2.75, 3.05) is 0 Å². The smallest absolute Gasteiger partial charge is 0.128 e. The van der Waals surface area contributed by atoms with E-state index < -0.39 is 0 Å². The average Bonchev–Trinajstić information content (AvgIpc) is 2.71. The zero-order chi connectivity index (χ0) is 23.5. The van der Waals surface area contributed by atoms with E-state index in [-0.39, 0.29) is 52.4 Å². The Bertz CT molecular complexity index is 925. The van der Waals surface area contributed by atoms with Crippen molar-refractivity contribution in [2.45, 2.75) is 90.1 Å². The second-order valence-corrected chi connectivity index (χ2v) is 11.0. The standard InChI is InChI=1S/C28H38N2O2.ClH.Mn/c1-27(2,3)21-13-9-11-19(25(21)31)17-29-23-15-7-8-16-24(23)30-18-20-12-10-14-22(26(20)32)28(4,5)6;;/h9-14,17-18,23-24,31-32H,7-8,15-16H2,1-6H3;1H;/p-1/t23-,24-;;/m1../s1. The fourth-order valence-corrected chi connectivity index (χ4v) is 4.33. The molecule has 1 fully saturated rings. The molecule has 0 spiro atoms. The summed E-state index contributed by atoms with van der Waals surface area (Å²) in [5.74, 6) is 0.618. The number of hydrogen-bond acceptors (Lipinski definition) is 4. The third kappa shape index (κ3) is 7.34. The molecule has 0 unspecified atom stereocenters. The summed E-state index contributed by atoms with van der Waals surface area (Å²) in [5.41, 5.74) is 3.09. The average molecular weight is 525 g/mol. The molecule has 3 rings (SSSR count). The number of hydrogen-bond donors (Lipinski definition) is 2. The van der Waals surface area contributed by atoms with Gasteiger partial charge in [0.2, 0.25) is 0 Å². The molecule has 1 radical (unpaired) electrons. The van der Waals surface area contributed by atoms with E-state index in [0.717, 1.165) is 47.9 Å². The molecule has 187 valence electrons. The number of phenolic OH excluding ortho intramolecular Hbond substituents is 2. The molecule has 2 aromatic rings. The van der Waals surface area contributed by atoms with E-state index in [4.69, 9.17) is 9.98 Å². The molecule has 34 heavy (non-hydrogen) atoms. The van der Waals surface area contributed by atoms with Crippen molar-refractivity contribution in [3.8, 4) is 11.5 Å². The molecular formula is C28H38ClMnN2O2-. The van der Waals surface area contributed by atoms with Crippen LogP contribution in [0.25, 0.3) is 0 Å². The van der Waals surface area contributed by atoms with Crippen LogP contribution >= 0.6 is 0 Å². The van der Waals surface area contributed by atoms with Crippen molar-refractivity contribution >= 4 is 12.4 Å². The molecule has 0 bridgehead atoms. The van der Waals surface area contributed by atoms with Gasteiger partial charge in [-0.15, -0.1) is 0 Å². The summed E-state index contributed by atoms with van der Waals surface area (Å²) in [6, 6.07) is 11.9. The molecular weight excluding hydrogens is 487 g/mol. The number of nitrogens with zero attached hydrogens (tertiary/aromatic N) is 2. The predicted molar refractivity (Wildman–Crippen MR) is 135 cm³/mol.